The van der Waals surface area contributed by atoms with Crippen molar-refractivity contribution in [3.63, 3.8) is 0 Å². The summed E-state index contributed by atoms with van der Waals surface area (Å²) in [6.45, 7) is 4.14. The first-order valence-electron chi connectivity index (χ1n) is 11.3. The van der Waals surface area contributed by atoms with Gasteiger partial charge in [-0.3, -0.25) is 4.79 Å². The number of aromatic carboxylic acids is 1. The molecule has 0 atom stereocenters. The lowest BCUT2D eigenvalue weighted by Crippen LogP contribution is -2.07. The van der Waals surface area contributed by atoms with E-state index >= 15 is 0 Å². The van der Waals surface area contributed by atoms with Crippen LogP contribution in [0.25, 0.3) is 21.1 Å². The van der Waals surface area contributed by atoms with Gasteiger partial charge in [0, 0.05) is 21.8 Å². The summed E-state index contributed by atoms with van der Waals surface area (Å²) in [7, 11) is 0. The standard InChI is InChI=1S/C27H25N3O4S/c1-3-20-21(4-2)29-26(30-25(20)28-19-11-5-16(6-12-19)15-24(31)32)23-14-13-22(35-23)17-7-9-18(10-8-17)27(33)34/h5-14H,3-4,15H2,1-2H3,(H,31,32)(H,33,34)(H,28,29,30). The van der Waals surface area contributed by atoms with Crippen LogP contribution in [-0.4, -0.2) is 32.1 Å². The second kappa shape index (κ2) is 10.5. The van der Waals surface area contributed by atoms with Crippen LogP contribution in [0.5, 0.6) is 0 Å². The zero-order valence-electron chi connectivity index (χ0n) is 19.4. The zero-order chi connectivity index (χ0) is 24.9. The number of aromatic nitrogens is 2. The summed E-state index contributed by atoms with van der Waals surface area (Å²) in [5.41, 5.74) is 4.77. The SMILES string of the molecule is CCc1nc(-c2ccc(-c3ccc(C(=O)O)cc3)s2)nc(Nc2ccc(CC(=O)O)cc2)c1CC. The minimum atomic E-state index is -0.948. The molecule has 0 unspecified atom stereocenters. The maximum atomic E-state index is 11.1. The first-order valence-corrected chi connectivity index (χ1v) is 12.1. The second-order valence-corrected chi connectivity index (χ2v) is 9.05. The Kier molecular flexibility index (Phi) is 7.22. The molecule has 4 aromatic rings. The van der Waals surface area contributed by atoms with Crippen LogP contribution in [-0.2, 0) is 24.1 Å². The highest BCUT2D eigenvalue weighted by molar-refractivity contribution is 7.18. The second-order valence-electron chi connectivity index (χ2n) is 7.97. The average molecular weight is 488 g/mol. The highest BCUT2D eigenvalue weighted by Crippen LogP contribution is 2.35. The van der Waals surface area contributed by atoms with Gasteiger partial charge in [0.05, 0.1) is 16.9 Å². The fourth-order valence-corrected chi connectivity index (χ4v) is 4.76. The lowest BCUT2D eigenvalue weighted by molar-refractivity contribution is -0.136. The molecule has 7 nitrogen and oxygen atoms in total. The van der Waals surface area contributed by atoms with Gasteiger partial charge in [0.15, 0.2) is 5.82 Å². The van der Waals surface area contributed by atoms with Crippen LogP contribution in [0.1, 0.15) is 41.0 Å². The molecule has 4 rings (SSSR count). The summed E-state index contributed by atoms with van der Waals surface area (Å²) in [6.07, 6.45) is 1.52. The van der Waals surface area contributed by atoms with Crippen LogP contribution in [0.3, 0.4) is 0 Å². The van der Waals surface area contributed by atoms with Crippen molar-refractivity contribution in [2.24, 2.45) is 0 Å². The van der Waals surface area contributed by atoms with Crippen molar-refractivity contribution in [3.8, 4) is 21.1 Å². The molecule has 0 aliphatic rings. The van der Waals surface area contributed by atoms with Gasteiger partial charge in [-0.25, -0.2) is 14.8 Å². The summed E-state index contributed by atoms with van der Waals surface area (Å²) in [5.74, 6) is -0.444. The largest absolute Gasteiger partial charge is 0.481 e. The van der Waals surface area contributed by atoms with Gasteiger partial charge in [-0.2, -0.15) is 0 Å². The Morgan fingerprint density at radius 2 is 1.54 bits per heavy atom. The molecule has 2 heterocycles. The number of aryl methyl sites for hydroxylation is 1. The van der Waals surface area contributed by atoms with E-state index in [0.29, 0.717) is 5.82 Å². The maximum Gasteiger partial charge on any atom is 0.335 e. The molecule has 0 aliphatic heterocycles. The molecule has 2 aromatic carbocycles. The van der Waals surface area contributed by atoms with Crippen molar-refractivity contribution < 1.29 is 19.8 Å². The van der Waals surface area contributed by atoms with Crippen molar-refractivity contribution in [2.75, 3.05) is 5.32 Å². The van der Waals surface area contributed by atoms with Crippen LogP contribution in [0, 0.1) is 0 Å². The normalized spacial score (nSPS) is 10.8. The fraction of sp³-hybridized carbons (Fsp3) is 0.185. The van der Waals surface area contributed by atoms with E-state index < -0.39 is 11.9 Å². The molecule has 0 aliphatic carbocycles. The Morgan fingerprint density at radius 1 is 0.857 bits per heavy atom. The molecular formula is C27H25N3O4S. The van der Waals surface area contributed by atoms with Crippen molar-refractivity contribution in [1.82, 2.24) is 9.97 Å². The maximum absolute atomic E-state index is 11.1. The Bertz CT molecular complexity index is 1360. The topological polar surface area (TPSA) is 112 Å². The number of carboxylic acid groups (broad SMARTS) is 2. The Hall–Kier alpha value is -4.04. The van der Waals surface area contributed by atoms with Gasteiger partial charge < -0.3 is 15.5 Å². The predicted molar refractivity (Wildman–Crippen MR) is 138 cm³/mol. The summed E-state index contributed by atoms with van der Waals surface area (Å²) in [6, 6.07) is 18.1. The summed E-state index contributed by atoms with van der Waals surface area (Å²) in [5, 5.41) is 21.5. The number of aliphatic carboxylic acids is 1. The van der Waals surface area contributed by atoms with Crippen LogP contribution >= 0.6 is 11.3 Å². The Labute approximate surface area is 207 Å². The average Bonchev–Trinajstić information content (AvgIpc) is 3.35. The number of benzene rings is 2. The summed E-state index contributed by atoms with van der Waals surface area (Å²) in [4.78, 5) is 33.7. The van der Waals surface area contributed by atoms with E-state index in [1.54, 1.807) is 47.7 Å². The molecule has 0 saturated carbocycles. The molecule has 0 bridgehead atoms. The molecule has 8 heteroatoms. The summed E-state index contributed by atoms with van der Waals surface area (Å²) < 4.78 is 0. The molecular weight excluding hydrogens is 462 g/mol. The minimum Gasteiger partial charge on any atom is -0.481 e. The van der Waals surface area contributed by atoms with Gasteiger partial charge in [0.2, 0.25) is 0 Å². The molecule has 178 valence electrons. The van der Waals surface area contributed by atoms with Crippen LogP contribution in [0.15, 0.2) is 60.7 Å². The Balaban J connectivity index is 1.66. The first-order chi connectivity index (χ1) is 16.9. The summed E-state index contributed by atoms with van der Waals surface area (Å²) >= 11 is 1.55. The van der Waals surface area contributed by atoms with E-state index in [1.165, 1.54) is 0 Å². The number of nitrogens with one attached hydrogen (secondary N) is 1. The van der Waals surface area contributed by atoms with Crippen molar-refractivity contribution in [2.45, 2.75) is 33.1 Å². The lowest BCUT2D eigenvalue weighted by Gasteiger charge is -2.15. The van der Waals surface area contributed by atoms with Crippen molar-refractivity contribution >= 4 is 34.8 Å². The van der Waals surface area contributed by atoms with Gasteiger partial charge in [-0.1, -0.05) is 38.1 Å². The van der Waals surface area contributed by atoms with E-state index in [9.17, 15) is 9.59 Å². The van der Waals surface area contributed by atoms with Crippen LogP contribution in [0.4, 0.5) is 11.5 Å². The van der Waals surface area contributed by atoms with Gasteiger partial charge >= 0.3 is 11.9 Å². The molecule has 0 fully saturated rings. The zero-order valence-corrected chi connectivity index (χ0v) is 20.2. The number of nitrogens with zero attached hydrogens (tertiary/aromatic N) is 2. The molecule has 2 aromatic heterocycles. The van der Waals surface area contributed by atoms with Gasteiger partial charge in [0.1, 0.15) is 5.82 Å². The van der Waals surface area contributed by atoms with Crippen molar-refractivity contribution in [1.29, 1.82) is 0 Å². The first kappa shape index (κ1) is 24.1. The van der Waals surface area contributed by atoms with Crippen LogP contribution < -0.4 is 5.32 Å². The fourth-order valence-electron chi connectivity index (χ4n) is 3.82. The van der Waals surface area contributed by atoms with E-state index in [1.807, 2.05) is 24.3 Å². The van der Waals surface area contributed by atoms with Gasteiger partial charge in [-0.05, 0) is 60.4 Å². The third kappa shape index (κ3) is 5.55. The van der Waals surface area contributed by atoms with E-state index in [-0.39, 0.29) is 12.0 Å². The monoisotopic (exact) mass is 487 g/mol. The van der Waals surface area contributed by atoms with E-state index in [0.717, 1.165) is 56.5 Å². The van der Waals surface area contributed by atoms with Gasteiger partial charge in [-0.15, -0.1) is 11.3 Å². The molecule has 3 N–H and O–H groups in total. The van der Waals surface area contributed by atoms with E-state index in [2.05, 4.69) is 19.2 Å². The van der Waals surface area contributed by atoms with Crippen molar-refractivity contribution in [3.05, 3.63) is 83.0 Å². The number of anilines is 2. The quantitative estimate of drug-likeness (QED) is 0.263. The number of carboxylic acids is 2. The number of carbonyl (C=O) groups is 2. The number of rotatable bonds is 9. The minimum absolute atomic E-state index is 0.0160. The molecule has 0 amide bonds. The predicted octanol–water partition coefficient (Wildman–Crippen LogP) is 6.07. The molecule has 0 radical (unpaired) electrons. The number of hydrogen-bond donors (Lipinski definition) is 3. The van der Waals surface area contributed by atoms with E-state index in [4.69, 9.17) is 20.2 Å². The molecule has 0 spiro atoms. The number of thiophene rings is 1. The number of hydrogen-bond acceptors (Lipinski definition) is 6. The highest BCUT2D eigenvalue weighted by Gasteiger charge is 2.16. The highest BCUT2D eigenvalue weighted by atomic mass is 32.1. The molecule has 35 heavy (non-hydrogen) atoms. The van der Waals surface area contributed by atoms with Gasteiger partial charge in [0.25, 0.3) is 0 Å². The smallest absolute Gasteiger partial charge is 0.335 e. The van der Waals surface area contributed by atoms with Crippen LogP contribution in [0.2, 0.25) is 0 Å². The third-order valence-electron chi connectivity index (χ3n) is 5.60. The Morgan fingerprint density at radius 3 is 2.14 bits per heavy atom. The lowest BCUT2D eigenvalue weighted by atomic mass is 10.1. The third-order valence-corrected chi connectivity index (χ3v) is 6.73. The molecule has 0 saturated heterocycles.